The van der Waals surface area contributed by atoms with Crippen LogP contribution in [0.15, 0.2) is 113 Å². The minimum atomic E-state index is -3.63. The average molecular weight is 620 g/mol. The molecule has 8 nitrogen and oxygen atoms in total. The van der Waals surface area contributed by atoms with Gasteiger partial charge in [0.2, 0.25) is 10.0 Å². The molecule has 0 aliphatic carbocycles. The third-order valence-corrected chi connectivity index (χ3v) is 9.93. The Labute approximate surface area is 255 Å². The highest BCUT2D eigenvalue weighted by molar-refractivity contribution is 7.99. The minimum Gasteiger partial charge on any atom is -0.478 e. The van der Waals surface area contributed by atoms with Crippen LogP contribution in [0.2, 0.25) is 0 Å². The Hall–Kier alpha value is -3.51. The van der Waals surface area contributed by atoms with Gasteiger partial charge in [-0.05, 0) is 53.1 Å². The van der Waals surface area contributed by atoms with E-state index < -0.39 is 22.3 Å². The number of hydrogen-bond acceptors (Lipinski definition) is 7. The maximum atomic E-state index is 12.6. The molecule has 1 saturated heterocycles. The van der Waals surface area contributed by atoms with Gasteiger partial charge < -0.3 is 19.7 Å². The third-order valence-electron chi connectivity index (χ3n) is 7.41. The van der Waals surface area contributed by atoms with Gasteiger partial charge in [-0.25, -0.2) is 17.9 Å². The molecule has 0 radical (unpaired) electrons. The van der Waals surface area contributed by atoms with E-state index in [1.807, 2.05) is 48.5 Å². The lowest BCUT2D eigenvalue weighted by Gasteiger charge is -2.41. The van der Waals surface area contributed by atoms with Crippen molar-refractivity contribution in [2.45, 2.75) is 48.4 Å². The molecule has 1 aliphatic heterocycles. The number of carboxylic acid groups (broad SMARTS) is 1. The molecular weight excluding hydrogens is 586 g/mol. The van der Waals surface area contributed by atoms with Crippen LogP contribution in [0.25, 0.3) is 0 Å². The van der Waals surface area contributed by atoms with E-state index in [0.29, 0.717) is 5.75 Å². The molecule has 0 unspecified atom stereocenters. The number of benzene rings is 4. The monoisotopic (exact) mass is 619 g/mol. The zero-order valence-electron chi connectivity index (χ0n) is 23.5. The Kier molecular flexibility index (Phi) is 9.97. The number of thioether (sulfide) groups is 1. The molecule has 0 saturated carbocycles. The largest absolute Gasteiger partial charge is 0.478 e. The molecule has 0 aromatic heterocycles. The SMILES string of the molecule is C[C@H]1[C@@H](CSc2ccc(C(=O)O)cc2)O[C@@H](c2ccc(CNS(=O)(=O)c3ccccc3)cc2)O[C@H]1c1ccc(CO)cc1. The molecule has 4 aromatic rings. The van der Waals surface area contributed by atoms with Crippen molar-refractivity contribution in [2.24, 2.45) is 5.92 Å². The predicted molar refractivity (Wildman–Crippen MR) is 164 cm³/mol. The summed E-state index contributed by atoms with van der Waals surface area (Å²) in [7, 11) is -3.63. The number of ether oxygens (including phenoxy) is 2. The van der Waals surface area contributed by atoms with Gasteiger partial charge in [0.1, 0.15) is 0 Å². The van der Waals surface area contributed by atoms with Gasteiger partial charge in [0.05, 0.1) is 29.3 Å². The molecule has 4 aromatic carbocycles. The van der Waals surface area contributed by atoms with Gasteiger partial charge in [-0.2, -0.15) is 0 Å². The van der Waals surface area contributed by atoms with Crippen molar-refractivity contribution < 1.29 is 32.9 Å². The highest BCUT2D eigenvalue weighted by atomic mass is 32.2. The van der Waals surface area contributed by atoms with Crippen molar-refractivity contribution in [2.75, 3.05) is 5.75 Å². The number of carboxylic acids is 1. The summed E-state index contributed by atoms with van der Waals surface area (Å²) in [5.41, 5.74) is 3.63. The Morgan fingerprint density at radius 1 is 0.837 bits per heavy atom. The van der Waals surface area contributed by atoms with Gasteiger partial charge in [-0.15, -0.1) is 11.8 Å². The Morgan fingerprint density at radius 3 is 2.09 bits per heavy atom. The number of aromatic carboxylic acids is 1. The van der Waals surface area contributed by atoms with Crippen molar-refractivity contribution in [3.05, 3.63) is 131 Å². The van der Waals surface area contributed by atoms with Gasteiger partial charge in [-0.1, -0.05) is 73.7 Å². The molecule has 224 valence electrons. The van der Waals surface area contributed by atoms with E-state index in [9.17, 15) is 23.4 Å². The van der Waals surface area contributed by atoms with Crippen LogP contribution in [0.3, 0.4) is 0 Å². The molecule has 5 rings (SSSR count). The van der Waals surface area contributed by atoms with E-state index in [4.69, 9.17) is 9.47 Å². The topological polar surface area (TPSA) is 122 Å². The summed E-state index contributed by atoms with van der Waals surface area (Å²) in [6.07, 6.45) is -1.12. The third kappa shape index (κ3) is 7.72. The van der Waals surface area contributed by atoms with Crippen molar-refractivity contribution in [3.8, 4) is 0 Å². The maximum Gasteiger partial charge on any atom is 0.335 e. The highest BCUT2D eigenvalue weighted by Crippen LogP contribution is 2.43. The standard InChI is InChI=1S/C33H33NO7S2/c1-22-30(21-42-28-17-15-26(16-18-28)32(36)37)40-33(41-31(22)25-11-9-24(20-35)10-12-25)27-13-7-23(8-14-27)19-34-43(38,39)29-5-3-2-4-6-29/h2-18,22,30-31,33-35H,19-21H2,1H3,(H,36,37)/t22-,30+,31+,33+/m0/s1. The number of hydrogen-bond donors (Lipinski definition) is 3. The smallest absolute Gasteiger partial charge is 0.335 e. The molecule has 4 atom stereocenters. The van der Waals surface area contributed by atoms with Gasteiger partial charge in [0.25, 0.3) is 0 Å². The molecule has 1 heterocycles. The molecule has 1 fully saturated rings. The van der Waals surface area contributed by atoms with Crippen molar-refractivity contribution in [1.82, 2.24) is 4.72 Å². The first kappa shape index (κ1) is 30.9. The lowest BCUT2D eigenvalue weighted by Crippen LogP contribution is -2.38. The maximum absolute atomic E-state index is 12.6. The molecule has 0 amide bonds. The van der Waals surface area contributed by atoms with Crippen LogP contribution in [0.1, 0.15) is 51.9 Å². The fourth-order valence-corrected chi connectivity index (χ4v) is 6.94. The number of aliphatic hydroxyl groups excluding tert-OH is 1. The lowest BCUT2D eigenvalue weighted by atomic mass is 9.91. The zero-order valence-corrected chi connectivity index (χ0v) is 25.1. The van der Waals surface area contributed by atoms with E-state index in [-0.39, 0.29) is 41.7 Å². The molecule has 43 heavy (non-hydrogen) atoms. The van der Waals surface area contributed by atoms with Crippen LogP contribution in [0, 0.1) is 5.92 Å². The van der Waals surface area contributed by atoms with E-state index >= 15 is 0 Å². The number of nitrogens with one attached hydrogen (secondary N) is 1. The molecule has 0 bridgehead atoms. The molecule has 1 aliphatic rings. The predicted octanol–water partition coefficient (Wildman–Crippen LogP) is 5.94. The number of carbonyl (C=O) groups is 1. The second-order valence-corrected chi connectivity index (χ2v) is 13.2. The van der Waals surface area contributed by atoms with Gasteiger partial charge in [0, 0.05) is 28.7 Å². The summed E-state index contributed by atoms with van der Waals surface area (Å²) in [6.45, 7) is 2.18. The van der Waals surface area contributed by atoms with Crippen LogP contribution < -0.4 is 4.72 Å². The van der Waals surface area contributed by atoms with Gasteiger partial charge in [0.15, 0.2) is 6.29 Å². The first-order valence-electron chi connectivity index (χ1n) is 13.8. The molecule has 3 N–H and O–H groups in total. The first-order valence-corrected chi connectivity index (χ1v) is 16.3. The lowest BCUT2D eigenvalue weighted by molar-refractivity contribution is -0.268. The normalized spacial score (nSPS) is 20.5. The average Bonchev–Trinajstić information content (AvgIpc) is 3.04. The summed E-state index contributed by atoms with van der Waals surface area (Å²) < 4.78 is 40.9. The minimum absolute atomic E-state index is 0.00585. The summed E-state index contributed by atoms with van der Waals surface area (Å²) >= 11 is 1.59. The van der Waals surface area contributed by atoms with Crippen LogP contribution >= 0.6 is 11.8 Å². The summed E-state index contributed by atoms with van der Waals surface area (Å²) in [5.74, 6) is -0.345. The van der Waals surface area contributed by atoms with Crippen LogP contribution in [-0.4, -0.2) is 36.5 Å². The number of rotatable bonds is 11. The van der Waals surface area contributed by atoms with Crippen molar-refractivity contribution >= 4 is 27.8 Å². The van der Waals surface area contributed by atoms with E-state index in [0.717, 1.165) is 27.1 Å². The Balaban J connectivity index is 1.31. The molecular formula is C33H33NO7S2. The number of sulfonamides is 1. The first-order chi connectivity index (χ1) is 20.7. The van der Waals surface area contributed by atoms with E-state index in [1.165, 1.54) is 0 Å². The van der Waals surface area contributed by atoms with Gasteiger partial charge >= 0.3 is 5.97 Å². The van der Waals surface area contributed by atoms with Crippen molar-refractivity contribution in [1.29, 1.82) is 0 Å². The Bertz CT molecular complexity index is 1610. The van der Waals surface area contributed by atoms with Gasteiger partial charge in [-0.3, -0.25) is 0 Å². The van der Waals surface area contributed by atoms with Crippen LogP contribution in [0.4, 0.5) is 0 Å². The molecule has 0 spiro atoms. The second kappa shape index (κ2) is 13.9. The quantitative estimate of drug-likeness (QED) is 0.176. The fourth-order valence-electron chi connectivity index (χ4n) is 4.84. The zero-order chi connectivity index (χ0) is 30.4. The second-order valence-electron chi connectivity index (χ2n) is 10.3. The van der Waals surface area contributed by atoms with E-state index in [1.54, 1.807) is 66.4 Å². The van der Waals surface area contributed by atoms with Crippen molar-refractivity contribution in [3.63, 3.8) is 0 Å². The highest BCUT2D eigenvalue weighted by Gasteiger charge is 2.38. The molecule has 10 heteroatoms. The summed E-state index contributed by atoms with van der Waals surface area (Å²) in [6, 6.07) is 30.2. The van der Waals surface area contributed by atoms with E-state index in [2.05, 4.69) is 11.6 Å². The van der Waals surface area contributed by atoms with Crippen LogP contribution in [0.5, 0.6) is 0 Å². The van der Waals surface area contributed by atoms with Crippen LogP contribution in [-0.2, 0) is 32.6 Å². The summed E-state index contributed by atoms with van der Waals surface area (Å²) in [4.78, 5) is 12.4. The Morgan fingerprint density at radius 2 is 1.47 bits per heavy atom. The number of aliphatic hydroxyl groups is 1. The summed E-state index contributed by atoms with van der Waals surface area (Å²) in [5, 5.41) is 18.7. The fraction of sp³-hybridized carbons (Fsp3) is 0.242.